The summed E-state index contributed by atoms with van der Waals surface area (Å²) >= 11 is 1.12. The lowest BCUT2D eigenvalue weighted by molar-refractivity contribution is 0.128. The van der Waals surface area contributed by atoms with Crippen molar-refractivity contribution in [1.29, 1.82) is 0 Å². The Morgan fingerprint density at radius 3 is 2.69 bits per heavy atom. The summed E-state index contributed by atoms with van der Waals surface area (Å²) in [4.78, 5) is 7.69. The van der Waals surface area contributed by atoms with E-state index in [1.807, 2.05) is 19.2 Å². The highest BCUT2D eigenvalue weighted by Gasteiger charge is 2.43. The first-order valence-electron chi connectivity index (χ1n) is 9.64. The van der Waals surface area contributed by atoms with Crippen LogP contribution in [0.3, 0.4) is 0 Å². The van der Waals surface area contributed by atoms with Crippen molar-refractivity contribution >= 4 is 21.6 Å². The summed E-state index contributed by atoms with van der Waals surface area (Å²) in [6.07, 6.45) is 4.04. The monoisotopic (exact) mass is 441 g/mol. The minimum absolute atomic E-state index is 0.151. The highest BCUT2D eigenvalue weighted by Crippen LogP contribution is 2.41. The number of halogens is 1. The molecule has 1 saturated heterocycles. The quantitative estimate of drug-likeness (QED) is 0.612. The zero-order chi connectivity index (χ0) is 21.3. The number of hydrogen-bond acceptors (Lipinski definition) is 5. The fourth-order valence-corrected chi connectivity index (χ4v) is 5.20. The number of likely N-dealkylation sites (tertiary alicyclic amines) is 1. The molecule has 1 atom stereocenters. The molecule has 2 aromatic rings. The van der Waals surface area contributed by atoms with Crippen LogP contribution in [-0.2, 0) is 22.3 Å². The SMILES string of the molecule is Cc1ccc(C(C)(C)N2CC[C@](CCc3ccc(F)s3)(CNS(=O)(=O)O)C2)cn1. The van der Waals surface area contributed by atoms with E-state index >= 15 is 0 Å². The van der Waals surface area contributed by atoms with Crippen molar-refractivity contribution < 1.29 is 17.4 Å². The first-order chi connectivity index (χ1) is 13.5. The number of pyridine rings is 1. The van der Waals surface area contributed by atoms with Crippen LogP contribution >= 0.6 is 11.3 Å². The Kier molecular flexibility index (Phi) is 6.45. The number of rotatable bonds is 8. The fourth-order valence-electron chi connectivity index (χ4n) is 3.98. The molecular formula is C20H28FN3O3S2. The Bertz CT molecular complexity index is 944. The van der Waals surface area contributed by atoms with Crippen molar-refractivity contribution in [3.05, 3.63) is 51.7 Å². The topological polar surface area (TPSA) is 82.5 Å². The average molecular weight is 442 g/mol. The van der Waals surface area contributed by atoms with Crippen LogP contribution in [0.1, 0.15) is 42.8 Å². The van der Waals surface area contributed by atoms with E-state index in [9.17, 15) is 17.4 Å². The third-order valence-corrected chi connectivity index (χ3v) is 7.45. The predicted octanol–water partition coefficient (Wildman–Crippen LogP) is 3.54. The molecule has 3 rings (SSSR count). The smallest absolute Gasteiger partial charge is 0.293 e. The Labute approximate surface area is 176 Å². The number of nitrogens with zero attached hydrogens (tertiary/aromatic N) is 2. The maximum atomic E-state index is 13.3. The Morgan fingerprint density at radius 1 is 1.34 bits per heavy atom. The largest absolute Gasteiger partial charge is 0.333 e. The molecule has 0 amide bonds. The first kappa shape index (κ1) is 22.3. The summed E-state index contributed by atoms with van der Waals surface area (Å²) in [5.74, 6) is 0. The molecule has 0 spiro atoms. The summed E-state index contributed by atoms with van der Waals surface area (Å²) in [5, 5.41) is -0.217. The Morgan fingerprint density at radius 2 is 2.10 bits per heavy atom. The Balaban J connectivity index is 1.78. The number of aryl methyl sites for hydroxylation is 2. The van der Waals surface area contributed by atoms with E-state index < -0.39 is 10.3 Å². The highest BCUT2D eigenvalue weighted by atomic mass is 32.2. The van der Waals surface area contributed by atoms with Crippen LogP contribution in [0.4, 0.5) is 4.39 Å². The molecule has 0 bridgehead atoms. The molecule has 0 aromatic carbocycles. The zero-order valence-electron chi connectivity index (χ0n) is 17.0. The van der Waals surface area contributed by atoms with Crippen molar-refractivity contribution in [3.63, 3.8) is 0 Å². The zero-order valence-corrected chi connectivity index (χ0v) is 18.6. The minimum Gasteiger partial charge on any atom is -0.293 e. The Hall–Kier alpha value is -1.39. The summed E-state index contributed by atoms with van der Waals surface area (Å²) in [5.41, 5.74) is 1.45. The van der Waals surface area contributed by atoms with Crippen LogP contribution in [0, 0.1) is 17.5 Å². The number of hydrogen-bond donors (Lipinski definition) is 2. The van der Waals surface area contributed by atoms with Gasteiger partial charge >= 0.3 is 10.3 Å². The molecular weight excluding hydrogens is 413 g/mol. The van der Waals surface area contributed by atoms with E-state index in [0.29, 0.717) is 19.4 Å². The lowest BCUT2D eigenvalue weighted by Crippen LogP contribution is -2.44. The molecule has 0 unspecified atom stereocenters. The molecule has 0 saturated carbocycles. The normalized spacial score (nSPS) is 21.0. The van der Waals surface area contributed by atoms with Crippen LogP contribution in [0.5, 0.6) is 0 Å². The van der Waals surface area contributed by atoms with Gasteiger partial charge in [-0.2, -0.15) is 17.5 Å². The molecule has 6 nitrogen and oxygen atoms in total. The summed E-state index contributed by atoms with van der Waals surface area (Å²) < 4.78 is 47.5. The highest BCUT2D eigenvalue weighted by molar-refractivity contribution is 7.83. The van der Waals surface area contributed by atoms with Crippen LogP contribution in [-0.4, -0.2) is 42.5 Å². The van der Waals surface area contributed by atoms with Crippen molar-refractivity contribution in [2.45, 2.75) is 45.6 Å². The molecule has 0 radical (unpaired) electrons. The van der Waals surface area contributed by atoms with Crippen molar-refractivity contribution in [2.24, 2.45) is 5.41 Å². The molecule has 1 fully saturated rings. The molecule has 9 heteroatoms. The molecule has 2 aromatic heterocycles. The standard InChI is InChI=1S/C20H28FN3O3S2/c1-15-4-5-16(12-22-15)19(2,3)24-11-10-20(14-24,13-23-29(25,26)27)9-8-17-6-7-18(21)28-17/h4-7,12,23H,8-11,13-14H2,1-3H3,(H,25,26,27)/t20-/m1/s1. The van der Waals surface area contributed by atoms with Gasteiger partial charge < -0.3 is 0 Å². The summed E-state index contributed by atoms with van der Waals surface area (Å²) in [7, 11) is -4.27. The predicted molar refractivity (Wildman–Crippen MR) is 113 cm³/mol. The van der Waals surface area contributed by atoms with E-state index in [1.165, 1.54) is 6.07 Å². The maximum absolute atomic E-state index is 13.3. The first-order valence-corrected chi connectivity index (χ1v) is 11.9. The van der Waals surface area contributed by atoms with Gasteiger partial charge in [-0.15, -0.1) is 11.3 Å². The third kappa shape index (κ3) is 5.61. The van der Waals surface area contributed by atoms with Gasteiger partial charge in [0.05, 0.1) is 0 Å². The van der Waals surface area contributed by atoms with E-state index in [1.54, 1.807) is 6.07 Å². The van der Waals surface area contributed by atoms with Gasteiger partial charge in [0, 0.05) is 35.4 Å². The van der Waals surface area contributed by atoms with Gasteiger partial charge in [-0.05, 0) is 75.8 Å². The molecule has 0 aliphatic carbocycles. The van der Waals surface area contributed by atoms with E-state index in [0.717, 1.165) is 40.4 Å². The van der Waals surface area contributed by atoms with Gasteiger partial charge in [0.2, 0.25) is 0 Å². The van der Waals surface area contributed by atoms with Gasteiger partial charge in [-0.25, -0.2) is 0 Å². The summed E-state index contributed by atoms with van der Waals surface area (Å²) in [6, 6.07) is 7.30. The summed E-state index contributed by atoms with van der Waals surface area (Å²) in [6.45, 7) is 7.85. The van der Waals surface area contributed by atoms with Gasteiger partial charge in [-0.3, -0.25) is 14.4 Å². The van der Waals surface area contributed by atoms with E-state index in [-0.39, 0.29) is 22.6 Å². The van der Waals surface area contributed by atoms with Crippen LogP contribution in [0.2, 0.25) is 0 Å². The number of aromatic nitrogens is 1. The average Bonchev–Trinajstić information content (AvgIpc) is 3.26. The number of nitrogens with one attached hydrogen (secondary N) is 1. The fraction of sp³-hybridized carbons (Fsp3) is 0.550. The third-order valence-electron chi connectivity index (χ3n) is 6.01. The molecule has 1 aliphatic heterocycles. The number of thiophene rings is 1. The molecule has 2 N–H and O–H groups in total. The van der Waals surface area contributed by atoms with Gasteiger partial charge in [0.1, 0.15) is 0 Å². The van der Waals surface area contributed by atoms with Gasteiger partial charge in [-0.1, -0.05) is 6.07 Å². The second-order valence-corrected chi connectivity index (χ2v) is 10.8. The molecule has 29 heavy (non-hydrogen) atoms. The second kappa shape index (κ2) is 8.39. The van der Waals surface area contributed by atoms with Crippen LogP contribution < -0.4 is 4.72 Å². The van der Waals surface area contributed by atoms with E-state index in [2.05, 4.69) is 34.5 Å². The minimum atomic E-state index is -4.27. The van der Waals surface area contributed by atoms with Crippen molar-refractivity contribution in [1.82, 2.24) is 14.6 Å². The van der Waals surface area contributed by atoms with Crippen LogP contribution in [0.15, 0.2) is 30.5 Å². The van der Waals surface area contributed by atoms with Crippen molar-refractivity contribution in [2.75, 3.05) is 19.6 Å². The van der Waals surface area contributed by atoms with Gasteiger partial charge in [0.15, 0.2) is 5.13 Å². The van der Waals surface area contributed by atoms with E-state index in [4.69, 9.17) is 0 Å². The second-order valence-electron chi connectivity index (χ2n) is 8.42. The van der Waals surface area contributed by atoms with Crippen LogP contribution in [0.25, 0.3) is 0 Å². The lowest BCUT2D eigenvalue weighted by Gasteiger charge is -2.38. The molecule has 160 valence electrons. The molecule has 1 aliphatic rings. The maximum Gasteiger partial charge on any atom is 0.333 e. The van der Waals surface area contributed by atoms with Gasteiger partial charge in [0.25, 0.3) is 0 Å². The lowest BCUT2D eigenvalue weighted by atomic mass is 9.82. The van der Waals surface area contributed by atoms with Crippen molar-refractivity contribution in [3.8, 4) is 0 Å². The molecule has 3 heterocycles.